The Morgan fingerprint density at radius 1 is 1.12 bits per heavy atom. The van der Waals surface area contributed by atoms with Gasteiger partial charge in [0, 0.05) is 12.1 Å². The molecule has 0 bridgehead atoms. The predicted molar refractivity (Wildman–Crippen MR) is 86.4 cm³/mol. The zero-order valence-corrected chi connectivity index (χ0v) is 13.3. The number of nitrogens with one attached hydrogen (secondary N) is 2. The molecule has 2 aromatic carbocycles. The number of fused-ring (bicyclic) bond motifs is 1. The molecular weight excluding hydrogens is 333 g/mol. The Morgan fingerprint density at radius 2 is 1.83 bits per heavy atom. The molecule has 3 rings (SSSR count). The Kier molecular flexibility index (Phi) is 4.30. The van der Waals surface area contributed by atoms with Gasteiger partial charge < -0.3 is 5.32 Å². The summed E-state index contributed by atoms with van der Waals surface area (Å²) in [5.74, 6) is -0.554. The van der Waals surface area contributed by atoms with E-state index in [2.05, 4.69) is 15.0 Å². The smallest absolute Gasteiger partial charge is 0.263 e. The van der Waals surface area contributed by atoms with Gasteiger partial charge >= 0.3 is 0 Å². The standard InChI is InChI=1S/C16H14FN3O3S/c17-12-7-5-11(6-8-12)9-18-15(21)10-19-16-13-3-1-2-4-14(13)24(22,23)20-16/h1-8H,9-10H2,(H,18,21)(H,19,20). The second-order valence-electron chi connectivity index (χ2n) is 5.17. The summed E-state index contributed by atoms with van der Waals surface area (Å²) in [5, 5.41) is 2.64. The van der Waals surface area contributed by atoms with Crippen LogP contribution in [0.15, 0.2) is 58.4 Å². The van der Waals surface area contributed by atoms with Gasteiger partial charge in [-0.25, -0.2) is 12.8 Å². The van der Waals surface area contributed by atoms with Gasteiger partial charge in [-0.2, -0.15) is 0 Å². The van der Waals surface area contributed by atoms with Crippen LogP contribution in [0.4, 0.5) is 4.39 Å². The van der Waals surface area contributed by atoms with Crippen molar-refractivity contribution in [2.45, 2.75) is 11.4 Å². The van der Waals surface area contributed by atoms with Crippen molar-refractivity contribution in [3.05, 3.63) is 65.5 Å². The number of halogens is 1. The third-order valence-corrected chi connectivity index (χ3v) is 4.84. The van der Waals surface area contributed by atoms with Crippen LogP contribution in [-0.4, -0.2) is 26.7 Å². The molecule has 1 aliphatic rings. The van der Waals surface area contributed by atoms with Crippen LogP contribution >= 0.6 is 0 Å². The second-order valence-corrected chi connectivity index (χ2v) is 6.82. The van der Waals surface area contributed by atoms with Crippen molar-refractivity contribution in [2.75, 3.05) is 6.54 Å². The van der Waals surface area contributed by atoms with E-state index in [0.29, 0.717) is 5.56 Å². The molecule has 2 aromatic rings. The monoisotopic (exact) mass is 347 g/mol. The highest BCUT2D eigenvalue weighted by molar-refractivity contribution is 7.90. The topological polar surface area (TPSA) is 87.6 Å². The maximum atomic E-state index is 12.8. The van der Waals surface area contributed by atoms with Crippen molar-refractivity contribution in [1.29, 1.82) is 0 Å². The molecule has 0 spiro atoms. The molecule has 0 unspecified atom stereocenters. The van der Waals surface area contributed by atoms with E-state index in [4.69, 9.17) is 0 Å². The molecule has 0 fully saturated rings. The molecule has 0 aromatic heterocycles. The number of amidine groups is 1. The summed E-state index contributed by atoms with van der Waals surface area (Å²) in [6, 6.07) is 12.2. The molecule has 1 heterocycles. The van der Waals surface area contributed by atoms with Crippen LogP contribution in [0.5, 0.6) is 0 Å². The summed E-state index contributed by atoms with van der Waals surface area (Å²) >= 11 is 0. The number of hydrogen-bond acceptors (Lipinski definition) is 4. The van der Waals surface area contributed by atoms with Crippen LogP contribution < -0.4 is 10.0 Å². The average Bonchev–Trinajstić information content (AvgIpc) is 2.84. The molecule has 6 nitrogen and oxygen atoms in total. The fraction of sp³-hybridized carbons (Fsp3) is 0.125. The van der Waals surface area contributed by atoms with Gasteiger partial charge in [0.15, 0.2) is 0 Å². The van der Waals surface area contributed by atoms with Gasteiger partial charge in [-0.05, 0) is 29.8 Å². The number of carbonyl (C=O) groups is 1. The van der Waals surface area contributed by atoms with Gasteiger partial charge in [0.2, 0.25) is 5.91 Å². The van der Waals surface area contributed by atoms with Crippen LogP contribution in [0.3, 0.4) is 0 Å². The fourth-order valence-electron chi connectivity index (χ4n) is 2.26. The van der Waals surface area contributed by atoms with Crippen molar-refractivity contribution in [1.82, 2.24) is 10.0 Å². The molecule has 0 aliphatic carbocycles. The lowest BCUT2D eigenvalue weighted by molar-refractivity contribution is -0.119. The van der Waals surface area contributed by atoms with Gasteiger partial charge in [-0.15, -0.1) is 0 Å². The highest BCUT2D eigenvalue weighted by Gasteiger charge is 2.30. The number of nitrogens with zero attached hydrogens (tertiary/aromatic N) is 1. The Hall–Kier alpha value is -2.74. The number of hydrogen-bond donors (Lipinski definition) is 2. The van der Waals surface area contributed by atoms with Crippen LogP contribution in [0, 0.1) is 5.82 Å². The quantitative estimate of drug-likeness (QED) is 0.871. The van der Waals surface area contributed by atoms with Gasteiger partial charge in [0.25, 0.3) is 10.0 Å². The summed E-state index contributed by atoms with van der Waals surface area (Å²) in [4.78, 5) is 16.0. The first-order valence-corrected chi connectivity index (χ1v) is 8.62. The van der Waals surface area contributed by atoms with E-state index in [9.17, 15) is 17.6 Å². The third-order valence-electron chi connectivity index (χ3n) is 3.45. The molecule has 0 atom stereocenters. The highest BCUT2D eigenvalue weighted by atomic mass is 32.2. The van der Waals surface area contributed by atoms with Gasteiger partial charge in [0.1, 0.15) is 18.2 Å². The molecule has 2 N–H and O–H groups in total. The number of amides is 1. The average molecular weight is 347 g/mol. The van der Waals surface area contributed by atoms with Crippen molar-refractivity contribution in [3.8, 4) is 0 Å². The summed E-state index contributed by atoms with van der Waals surface area (Å²) in [6.07, 6.45) is 0. The molecule has 8 heteroatoms. The summed E-state index contributed by atoms with van der Waals surface area (Å²) in [7, 11) is -3.61. The maximum absolute atomic E-state index is 12.8. The predicted octanol–water partition coefficient (Wildman–Crippen LogP) is 1.18. The minimum absolute atomic E-state index is 0.149. The first-order chi connectivity index (χ1) is 11.5. The molecule has 0 saturated heterocycles. The van der Waals surface area contributed by atoms with Gasteiger partial charge in [-0.3, -0.25) is 14.5 Å². The lowest BCUT2D eigenvalue weighted by atomic mass is 10.2. The number of carbonyl (C=O) groups excluding carboxylic acids is 1. The van der Waals surface area contributed by atoms with Crippen LogP contribution in [0.2, 0.25) is 0 Å². The minimum Gasteiger partial charge on any atom is -0.350 e. The number of sulfonamides is 1. The second kappa shape index (κ2) is 6.40. The van der Waals surface area contributed by atoms with Crippen LogP contribution in [0.25, 0.3) is 0 Å². The number of rotatable bonds is 4. The van der Waals surface area contributed by atoms with Crippen molar-refractivity contribution in [3.63, 3.8) is 0 Å². The van der Waals surface area contributed by atoms with Crippen LogP contribution in [0.1, 0.15) is 11.1 Å². The highest BCUT2D eigenvalue weighted by Crippen LogP contribution is 2.21. The largest absolute Gasteiger partial charge is 0.350 e. The van der Waals surface area contributed by atoms with Crippen molar-refractivity contribution in [2.24, 2.45) is 4.99 Å². The van der Waals surface area contributed by atoms with E-state index in [0.717, 1.165) is 5.56 Å². The van der Waals surface area contributed by atoms with Crippen LogP contribution in [-0.2, 0) is 21.4 Å². The van der Waals surface area contributed by atoms with E-state index in [1.807, 2.05) is 0 Å². The first kappa shape index (κ1) is 16.1. The zero-order valence-electron chi connectivity index (χ0n) is 12.5. The molecule has 24 heavy (non-hydrogen) atoms. The Labute approximate surface area is 138 Å². The summed E-state index contributed by atoms with van der Waals surface area (Å²) in [6.45, 7) is 0.0274. The van der Waals surface area contributed by atoms with Crippen molar-refractivity contribution >= 4 is 21.8 Å². The summed E-state index contributed by atoms with van der Waals surface area (Å²) in [5.41, 5.74) is 1.20. The molecule has 124 valence electrons. The molecule has 1 aliphatic heterocycles. The molecule has 1 amide bonds. The maximum Gasteiger partial charge on any atom is 0.263 e. The first-order valence-electron chi connectivity index (χ1n) is 7.13. The SMILES string of the molecule is O=C(CN=C1NS(=O)(=O)c2ccccc21)NCc1ccc(F)cc1. The minimum atomic E-state index is -3.61. The fourth-order valence-corrected chi connectivity index (χ4v) is 3.51. The third kappa shape index (κ3) is 3.43. The van der Waals surface area contributed by atoms with E-state index >= 15 is 0 Å². The molecule has 0 saturated carbocycles. The lowest BCUT2D eigenvalue weighted by Crippen LogP contribution is -2.28. The van der Waals surface area contributed by atoms with E-state index in [-0.39, 0.29) is 35.5 Å². The summed E-state index contributed by atoms with van der Waals surface area (Å²) < 4.78 is 39.0. The van der Waals surface area contributed by atoms with E-state index in [1.54, 1.807) is 30.3 Å². The Bertz CT molecular complexity index is 908. The molecular formula is C16H14FN3O3S. The van der Waals surface area contributed by atoms with Crippen molar-refractivity contribution < 1.29 is 17.6 Å². The van der Waals surface area contributed by atoms with E-state index < -0.39 is 10.0 Å². The zero-order chi connectivity index (χ0) is 17.2. The number of aliphatic imine (C=N–C) groups is 1. The van der Waals surface area contributed by atoms with E-state index in [1.165, 1.54) is 18.2 Å². The lowest BCUT2D eigenvalue weighted by Gasteiger charge is -2.04. The van der Waals surface area contributed by atoms with Gasteiger partial charge in [-0.1, -0.05) is 24.3 Å². The Morgan fingerprint density at radius 3 is 2.58 bits per heavy atom. The Balaban J connectivity index is 1.64. The van der Waals surface area contributed by atoms with Gasteiger partial charge in [0.05, 0.1) is 4.90 Å². The number of benzene rings is 2. The normalized spacial score (nSPS) is 16.5. The molecule has 0 radical (unpaired) electrons.